The van der Waals surface area contributed by atoms with Crippen molar-refractivity contribution in [1.29, 1.82) is 0 Å². The van der Waals surface area contributed by atoms with Gasteiger partial charge in [0.25, 0.3) is 5.91 Å². The van der Waals surface area contributed by atoms with Crippen molar-refractivity contribution in [1.82, 2.24) is 5.32 Å². The van der Waals surface area contributed by atoms with Gasteiger partial charge in [-0.1, -0.05) is 31.2 Å². The molecule has 36 heavy (non-hydrogen) atoms. The number of methoxy groups -OCH3 is 1. The van der Waals surface area contributed by atoms with E-state index in [-0.39, 0.29) is 17.2 Å². The lowest BCUT2D eigenvalue weighted by Gasteiger charge is -2.35. The zero-order chi connectivity index (χ0) is 25.7. The number of allylic oxidation sites excluding steroid dienone is 1. The van der Waals surface area contributed by atoms with E-state index < -0.39 is 6.10 Å². The predicted octanol–water partition coefficient (Wildman–Crippen LogP) is 5.64. The van der Waals surface area contributed by atoms with E-state index in [2.05, 4.69) is 30.5 Å². The number of rotatable bonds is 8. The first-order valence-corrected chi connectivity index (χ1v) is 12.1. The summed E-state index contributed by atoms with van der Waals surface area (Å²) in [7, 11) is 1.63. The lowest BCUT2D eigenvalue weighted by Crippen LogP contribution is -2.43. The van der Waals surface area contributed by atoms with Crippen LogP contribution in [-0.4, -0.2) is 30.4 Å². The fourth-order valence-electron chi connectivity index (χ4n) is 4.29. The molecule has 0 saturated heterocycles. The topological polar surface area (TPSA) is 76.7 Å². The largest absolute Gasteiger partial charge is 0.497 e. The number of carbonyl (C=O) groups is 2. The van der Waals surface area contributed by atoms with Gasteiger partial charge in [-0.25, -0.2) is 0 Å². The third-order valence-corrected chi connectivity index (χ3v) is 6.11. The van der Waals surface area contributed by atoms with Crippen LogP contribution in [0, 0.1) is 0 Å². The second-order valence-electron chi connectivity index (χ2n) is 9.53. The van der Waals surface area contributed by atoms with Gasteiger partial charge in [0.15, 0.2) is 11.9 Å². The van der Waals surface area contributed by atoms with E-state index in [4.69, 9.17) is 9.47 Å². The lowest BCUT2D eigenvalue weighted by molar-refractivity contribution is -0.122. The maximum Gasteiger partial charge on any atom is 0.265 e. The molecule has 1 aliphatic rings. The first-order valence-electron chi connectivity index (χ1n) is 12.1. The maximum atomic E-state index is 13.1. The smallest absolute Gasteiger partial charge is 0.265 e. The van der Waals surface area contributed by atoms with E-state index >= 15 is 0 Å². The van der Waals surface area contributed by atoms with Crippen LogP contribution in [-0.2, 0) is 11.2 Å². The van der Waals surface area contributed by atoms with E-state index in [1.54, 1.807) is 37.5 Å². The molecule has 1 heterocycles. The molecule has 3 aromatic carbocycles. The minimum absolute atomic E-state index is 0.124. The van der Waals surface area contributed by atoms with Crippen LogP contribution in [0.15, 0.2) is 78.9 Å². The Morgan fingerprint density at radius 3 is 2.42 bits per heavy atom. The number of fused-ring (bicyclic) bond motifs is 1. The fourth-order valence-corrected chi connectivity index (χ4v) is 4.29. The highest BCUT2D eigenvalue weighted by atomic mass is 16.5. The van der Waals surface area contributed by atoms with Crippen LogP contribution >= 0.6 is 0 Å². The van der Waals surface area contributed by atoms with Gasteiger partial charge in [-0.3, -0.25) is 9.59 Å². The lowest BCUT2D eigenvalue weighted by atomic mass is 9.85. The van der Waals surface area contributed by atoms with Crippen molar-refractivity contribution in [2.75, 3.05) is 12.4 Å². The second-order valence-corrected chi connectivity index (χ2v) is 9.53. The van der Waals surface area contributed by atoms with Crippen LogP contribution in [0.5, 0.6) is 11.5 Å². The Hall–Kier alpha value is -4.06. The maximum absolute atomic E-state index is 13.1. The third-order valence-electron chi connectivity index (χ3n) is 6.11. The Balaban J connectivity index is 1.48. The van der Waals surface area contributed by atoms with Gasteiger partial charge >= 0.3 is 0 Å². The van der Waals surface area contributed by atoms with Crippen LogP contribution in [0.3, 0.4) is 0 Å². The molecule has 0 fully saturated rings. The highest BCUT2D eigenvalue weighted by molar-refractivity contribution is 6.09. The Bertz CT molecular complexity index is 1260. The summed E-state index contributed by atoms with van der Waals surface area (Å²) in [5.41, 5.74) is 3.86. The number of hydrogen-bond acceptors (Lipinski definition) is 5. The molecule has 4 rings (SSSR count). The standard InChI is InChI=1S/C30H32N2O4/c1-5-28(36-23-9-7-6-8-10-23)29(34)31-22-14-11-20(12-15-22)27(33)18-26-25-17-24(35-4)16-13-21(25)19-30(2,3)32-26/h6-18,28,32H,5,19H2,1-4H3,(H,31,34). The number of ketones is 1. The van der Waals surface area contributed by atoms with E-state index in [1.807, 2.05) is 49.4 Å². The van der Waals surface area contributed by atoms with Gasteiger partial charge in [0.1, 0.15) is 11.5 Å². The first kappa shape index (κ1) is 25.0. The summed E-state index contributed by atoms with van der Waals surface area (Å²) in [6.45, 7) is 6.12. The molecule has 0 radical (unpaired) electrons. The highest BCUT2D eigenvalue weighted by Crippen LogP contribution is 2.32. The van der Waals surface area contributed by atoms with Crippen LogP contribution in [0.1, 0.15) is 48.7 Å². The number of carbonyl (C=O) groups excluding carboxylic acids is 2. The van der Waals surface area contributed by atoms with Crippen molar-refractivity contribution in [2.24, 2.45) is 0 Å². The molecule has 2 N–H and O–H groups in total. The zero-order valence-corrected chi connectivity index (χ0v) is 21.1. The molecule has 6 nitrogen and oxygen atoms in total. The molecule has 1 amide bonds. The number of amides is 1. The minimum atomic E-state index is -0.615. The predicted molar refractivity (Wildman–Crippen MR) is 142 cm³/mol. The number of anilines is 1. The quantitative estimate of drug-likeness (QED) is 0.320. The van der Waals surface area contributed by atoms with Crippen LogP contribution in [0.25, 0.3) is 5.70 Å². The molecular weight excluding hydrogens is 452 g/mol. The highest BCUT2D eigenvalue weighted by Gasteiger charge is 2.28. The van der Waals surface area contributed by atoms with Crippen molar-refractivity contribution in [3.05, 3.63) is 95.6 Å². The molecular formula is C30H32N2O4. The van der Waals surface area contributed by atoms with Crippen LogP contribution in [0.4, 0.5) is 5.69 Å². The Morgan fingerprint density at radius 2 is 1.75 bits per heavy atom. The Morgan fingerprint density at radius 1 is 1.03 bits per heavy atom. The van der Waals surface area contributed by atoms with E-state index in [1.165, 1.54) is 5.56 Å². The number of ether oxygens (including phenoxy) is 2. The summed E-state index contributed by atoms with van der Waals surface area (Å²) >= 11 is 0. The molecule has 0 bridgehead atoms. The SMILES string of the molecule is CCC(Oc1ccccc1)C(=O)Nc1ccc(C(=O)C=C2NC(C)(C)Cc3ccc(OC)cc32)cc1. The van der Waals surface area contributed by atoms with E-state index in [9.17, 15) is 9.59 Å². The number of benzene rings is 3. The van der Waals surface area contributed by atoms with Crippen molar-refractivity contribution >= 4 is 23.1 Å². The van der Waals surface area contributed by atoms with Crippen molar-refractivity contribution in [2.45, 2.75) is 45.3 Å². The van der Waals surface area contributed by atoms with Crippen LogP contribution in [0.2, 0.25) is 0 Å². The average Bonchev–Trinajstić information content (AvgIpc) is 2.87. The summed E-state index contributed by atoms with van der Waals surface area (Å²) in [5, 5.41) is 6.37. The Labute approximate surface area is 212 Å². The molecule has 186 valence electrons. The molecule has 3 aromatic rings. The van der Waals surface area contributed by atoms with Gasteiger partial charge in [0.05, 0.1) is 7.11 Å². The van der Waals surface area contributed by atoms with Crippen molar-refractivity contribution in [3.63, 3.8) is 0 Å². The Kier molecular flexibility index (Phi) is 7.44. The van der Waals surface area contributed by atoms with Crippen LogP contribution < -0.4 is 20.1 Å². The van der Waals surface area contributed by atoms with Gasteiger partial charge in [-0.15, -0.1) is 0 Å². The van der Waals surface area contributed by atoms with Gasteiger partial charge in [-0.2, -0.15) is 0 Å². The van der Waals surface area contributed by atoms with Gasteiger partial charge < -0.3 is 20.1 Å². The summed E-state index contributed by atoms with van der Waals surface area (Å²) < 4.78 is 11.2. The molecule has 1 aliphatic heterocycles. The second kappa shape index (κ2) is 10.7. The zero-order valence-electron chi connectivity index (χ0n) is 21.1. The summed E-state index contributed by atoms with van der Waals surface area (Å²) in [5.74, 6) is 1.03. The van der Waals surface area contributed by atoms with Gasteiger partial charge in [0.2, 0.25) is 0 Å². The first-order chi connectivity index (χ1) is 17.3. The number of hydrogen-bond donors (Lipinski definition) is 2. The van der Waals surface area contributed by atoms with E-state index in [0.29, 0.717) is 23.4 Å². The van der Waals surface area contributed by atoms with Crippen molar-refractivity contribution < 1.29 is 19.1 Å². The van der Waals surface area contributed by atoms with Crippen molar-refractivity contribution in [3.8, 4) is 11.5 Å². The van der Waals surface area contributed by atoms with Gasteiger partial charge in [0, 0.05) is 34.1 Å². The normalized spacial score (nSPS) is 15.8. The number of nitrogens with one attached hydrogen (secondary N) is 2. The summed E-state index contributed by atoms with van der Waals surface area (Å²) in [6, 6.07) is 22.1. The molecule has 1 atom stereocenters. The third kappa shape index (κ3) is 5.95. The molecule has 1 unspecified atom stereocenters. The molecule has 0 aromatic heterocycles. The molecule has 0 spiro atoms. The molecule has 0 aliphatic carbocycles. The average molecular weight is 485 g/mol. The monoisotopic (exact) mass is 484 g/mol. The minimum Gasteiger partial charge on any atom is -0.497 e. The van der Waals surface area contributed by atoms with Gasteiger partial charge in [-0.05, 0) is 80.8 Å². The molecule has 6 heteroatoms. The summed E-state index contributed by atoms with van der Waals surface area (Å²) in [6.07, 6.45) is 2.39. The van der Waals surface area contributed by atoms with E-state index in [0.717, 1.165) is 23.4 Å². The molecule has 0 saturated carbocycles. The number of para-hydroxylation sites is 1. The summed E-state index contributed by atoms with van der Waals surface area (Å²) in [4.78, 5) is 25.9. The fraction of sp³-hybridized carbons (Fsp3) is 0.267.